The van der Waals surface area contributed by atoms with Crippen LogP contribution < -0.4 is 0 Å². The molecule has 0 spiro atoms. The lowest BCUT2D eigenvalue weighted by atomic mass is 9.33. The predicted molar refractivity (Wildman–Crippen MR) is 249 cm³/mol. The van der Waals surface area contributed by atoms with E-state index in [0.717, 1.165) is 55.7 Å². The quantitative estimate of drug-likeness (QED) is 0.122. The fourth-order valence-electron chi connectivity index (χ4n) is 14.9. The summed E-state index contributed by atoms with van der Waals surface area (Å²) >= 11 is 0. The summed E-state index contributed by atoms with van der Waals surface area (Å²) in [6, 6.07) is 8.70. The highest BCUT2D eigenvalue weighted by Gasteiger charge is 2.69. The van der Waals surface area contributed by atoms with Crippen LogP contribution in [0.1, 0.15) is 190 Å². The van der Waals surface area contributed by atoms with Crippen LogP contribution in [-0.2, 0) is 14.3 Å². The largest absolute Gasteiger partial charge is 0.494 e. The lowest BCUT2D eigenvalue weighted by Crippen LogP contribution is -2.65. The second-order valence-corrected chi connectivity index (χ2v) is 22.4. The molecule has 9 atom stereocenters. The van der Waals surface area contributed by atoms with Crippen LogP contribution >= 0.6 is 0 Å². The van der Waals surface area contributed by atoms with E-state index in [-0.39, 0.29) is 27.8 Å². The number of allylic oxidation sites excluding steroid dienone is 6. The standard InChI is InChI=1S/C55H81NO4/c1-14-16-41-31-54(33-47(56-13)59-37(8)39-19-17-38(18-20-39)34(3)4)28-25-43-42(49(54)48(41)35(5)6)23-24-46-52(43,11)29-30-55(15-2)36(7)44(26-27-53(46,55)12)60-45(40-21-22-40)32-51(9,10)50(57)58/h16-20,34-36,42-44,46H,8,14-15,21-33H2,1-7,9-13H3,(H,57,58)/b41-16-,56-47?. The third-order valence-corrected chi connectivity index (χ3v) is 18.2. The van der Waals surface area contributed by atoms with E-state index in [9.17, 15) is 9.90 Å². The van der Waals surface area contributed by atoms with Crippen LogP contribution in [0.4, 0.5) is 0 Å². The summed E-state index contributed by atoms with van der Waals surface area (Å²) in [6.45, 7) is 30.2. The first-order chi connectivity index (χ1) is 28.3. The van der Waals surface area contributed by atoms with Gasteiger partial charge in [-0.2, -0.15) is 0 Å². The number of benzene rings is 1. The fraction of sp³-hybridized carbons (Fsp3) is 0.709. The number of carboxylic acid groups (broad SMARTS) is 1. The van der Waals surface area contributed by atoms with Gasteiger partial charge in [-0.25, -0.2) is 0 Å². The number of aliphatic imine (C=N–C) groups is 1. The van der Waals surface area contributed by atoms with Crippen molar-refractivity contribution in [3.8, 4) is 0 Å². The second kappa shape index (κ2) is 16.6. The number of carbonyl (C=O) groups is 1. The Labute approximate surface area is 365 Å². The molecule has 5 heteroatoms. The van der Waals surface area contributed by atoms with Gasteiger partial charge < -0.3 is 14.6 Å². The van der Waals surface area contributed by atoms with Gasteiger partial charge in [-0.05, 0) is 171 Å². The number of ether oxygens (including phenoxy) is 2. The summed E-state index contributed by atoms with van der Waals surface area (Å²) in [4.78, 5) is 17.1. The van der Waals surface area contributed by atoms with Crippen molar-refractivity contribution in [3.63, 3.8) is 0 Å². The maximum atomic E-state index is 12.2. The zero-order valence-corrected chi connectivity index (χ0v) is 39.9. The second-order valence-electron chi connectivity index (χ2n) is 22.4. The molecular weight excluding hydrogens is 739 g/mol. The molecule has 330 valence electrons. The summed E-state index contributed by atoms with van der Waals surface area (Å²) < 4.78 is 13.8. The first-order valence-electron chi connectivity index (χ1n) is 24.3. The summed E-state index contributed by atoms with van der Waals surface area (Å²) in [7, 11) is 1.91. The molecular formula is C55H81NO4. The van der Waals surface area contributed by atoms with Gasteiger partial charge in [0.15, 0.2) is 5.90 Å². The van der Waals surface area contributed by atoms with Crippen molar-refractivity contribution in [2.45, 2.75) is 184 Å². The van der Waals surface area contributed by atoms with Crippen LogP contribution in [0.15, 0.2) is 70.0 Å². The van der Waals surface area contributed by atoms with E-state index >= 15 is 0 Å². The lowest BCUT2D eigenvalue weighted by molar-refractivity contribution is -0.231. The van der Waals surface area contributed by atoms with Crippen molar-refractivity contribution < 1.29 is 19.4 Å². The third kappa shape index (κ3) is 7.50. The van der Waals surface area contributed by atoms with Crippen molar-refractivity contribution in [2.24, 2.45) is 61.7 Å². The number of hydrogen-bond donors (Lipinski definition) is 1. The van der Waals surface area contributed by atoms with Gasteiger partial charge in [0.1, 0.15) is 11.9 Å². The molecule has 7 rings (SSSR count). The lowest BCUT2D eigenvalue weighted by Gasteiger charge is -2.71. The number of nitrogens with zero attached hydrogens (tertiary/aromatic N) is 1. The van der Waals surface area contributed by atoms with Crippen molar-refractivity contribution in [2.75, 3.05) is 7.05 Å². The van der Waals surface area contributed by atoms with Gasteiger partial charge in [0, 0.05) is 30.9 Å². The summed E-state index contributed by atoms with van der Waals surface area (Å²) in [5, 5.41) is 10.0. The van der Waals surface area contributed by atoms with Crippen LogP contribution in [0, 0.1) is 56.7 Å². The third-order valence-electron chi connectivity index (χ3n) is 18.2. The van der Waals surface area contributed by atoms with Crippen LogP contribution in [0.2, 0.25) is 0 Å². The highest BCUT2D eigenvalue weighted by Crippen LogP contribution is 2.76. The smallest absolute Gasteiger partial charge is 0.309 e. The Bertz CT molecular complexity index is 1940. The molecule has 0 aliphatic heterocycles. The maximum absolute atomic E-state index is 12.2. The number of rotatable bonds is 13. The van der Waals surface area contributed by atoms with E-state index in [1.165, 1.54) is 62.5 Å². The van der Waals surface area contributed by atoms with Crippen molar-refractivity contribution in [1.29, 1.82) is 0 Å². The van der Waals surface area contributed by atoms with Gasteiger partial charge in [0.05, 0.1) is 11.2 Å². The average molecular weight is 820 g/mol. The molecule has 0 amide bonds. The van der Waals surface area contributed by atoms with Crippen LogP contribution in [0.25, 0.3) is 5.76 Å². The molecule has 60 heavy (non-hydrogen) atoms. The van der Waals surface area contributed by atoms with E-state index in [1.54, 1.807) is 16.7 Å². The molecule has 0 heterocycles. The molecule has 5 saturated carbocycles. The van der Waals surface area contributed by atoms with Crippen molar-refractivity contribution in [3.05, 3.63) is 76.1 Å². The van der Waals surface area contributed by atoms with Crippen LogP contribution in [0.3, 0.4) is 0 Å². The molecule has 6 aliphatic carbocycles. The minimum atomic E-state index is -0.827. The summed E-state index contributed by atoms with van der Waals surface area (Å²) in [6.07, 6.45) is 19.3. The van der Waals surface area contributed by atoms with E-state index in [0.29, 0.717) is 47.7 Å². The number of aliphatic carboxylic acids is 1. The van der Waals surface area contributed by atoms with Gasteiger partial charge >= 0.3 is 5.97 Å². The van der Waals surface area contributed by atoms with E-state index in [2.05, 4.69) is 99.2 Å². The average Bonchev–Trinajstić information content (AvgIpc) is 4.00. The van der Waals surface area contributed by atoms with Gasteiger partial charge in [0.2, 0.25) is 0 Å². The molecule has 0 aromatic heterocycles. The molecule has 9 unspecified atom stereocenters. The Hall–Kier alpha value is -3.08. The maximum Gasteiger partial charge on any atom is 0.309 e. The Morgan fingerprint density at radius 1 is 0.983 bits per heavy atom. The number of carboxylic acids is 1. The van der Waals surface area contributed by atoms with Crippen LogP contribution in [-0.4, -0.2) is 30.1 Å². The molecule has 5 fully saturated rings. The van der Waals surface area contributed by atoms with Gasteiger partial charge in [-0.1, -0.05) is 105 Å². The summed E-state index contributed by atoms with van der Waals surface area (Å²) in [5.41, 5.74) is 8.66. The Balaban J connectivity index is 1.17. The predicted octanol–water partition coefficient (Wildman–Crippen LogP) is 14.9. The van der Waals surface area contributed by atoms with Crippen molar-refractivity contribution >= 4 is 17.6 Å². The summed E-state index contributed by atoms with van der Waals surface area (Å²) in [5.74, 6) is 5.09. The topological polar surface area (TPSA) is 68.1 Å². The molecule has 0 radical (unpaired) electrons. The Kier molecular flexibility index (Phi) is 12.4. The zero-order chi connectivity index (χ0) is 43.6. The van der Waals surface area contributed by atoms with Gasteiger partial charge in [0.25, 0.3) is 0 Å². The first-order valence-corrected chi connectivity index (χ1v) is 24.3. The minimum absolute atomic E-state index is 0.0280. The normalized spacial score (nSPS) is 35.8. The molecule has 1 N–H and O–H groups in total. The Morgan fingerprint density at radius 2 is 1.68 bits per heavy atom. The van der Waals surface area contributed by atoms with Crippen LogP contribution in [0.5, 0.6) is 0 Å². The number of fused-ring (bicyclic) bond motifs is 7. The zero-order valence-electron chi connectivity index (χ0n) is 39.9. The molecule has 0 bridgehead atoms. The van der Waals surface area contributed by atoms with Gasteiger partial charge in [-0.15, -0.1) is 0 Å². The fourth-order valence-corrected chi connectivity index (χ4v) is 14.9. The Morgan fingerprint density at radius 3 is 2.27 bits per heavy atom. The molecule has 6 aliphatic rings. The van der Waals surface area contributed by atoms with E-state index in [4.69, 9.17) is 14.5 Å². The molecule has 0 saturated heterocycles. The first kappa shape index (κ1) is 45.0. The molecule has 1 aromatic rings. The van der Waals surface area contributed by atoms with Crippen molar-refractivity contribution in [1.82, 2.24) is 0 Å². The highest BCUT2D eigenvalue weighted by molar-refractivity contribution is 5.83. The molecule has 5 nitrogen and oxygen atoms in total. The van der Waals surface area contributed by atoms with Gasteiger partial charge in [-0.3, -0.25) is 9.79 Å². The SMILES string of the molecule is C=C(OC(CC12CCC3C(CCC4C3(C)CCC3(CC)C(C)C(OC(CC(C)(C)C(=O)O)=C5CC5)CCC43C)C1=C(C(C)C)/C(=C\CC)C2)=NC)c1ccc(C(C)C)cc1. The van der Waals surface area contributed by atoms with E-state index < -0.39 is 11.4 Å². The number of hydrogen-bond acceptors (Lipinski definition) is 4. The molecule has 1 aromatic carbocycles. The minimum Gasteiger partial charge on any atom is -0.494 e. The highest BCUT2D eigenvalue weighted by atomic mass is 16.5. The monoisotopic (exact) mass is 820 g/mol. The van der Waals surface area contributed by atoms with E-state index in [1.807, 2.05) is 20.9 Å².